The SMILES string of the molecule is CCN(CC)C(=O)CNc1ccc(C(C)C)cc1. The van der Waals surface area contributed by atoms with Crippen LogP contribution in [-0.4, -0.2) is 30.4 Å². The van der Waals surface area contributed by atoms with Crippen molar-refractivity contribution in [2.24, 2.45) is 0 Å². The number of hydrogen-bond donors (Lipinski definition) is 1. The van der Waals surface area contributed by atoms with Gasteiger partial charge in [-0.3, -0.25) is 4.79 Å². The molecule has 0 bridgehead atoms. The Bertz CT molecular complexity index is 367. The number of carbonyl (C=O) groups excluding carboxylic acids is 1. The molecule has 0 heterocycles. The summed E-state index contributed by atoms with van der Waals surface area (Å²) in [5.41, 5.74) is 2.32. The van der Waals surface area contributed by atoms with Gasteiger partial charge in [-0.05, 0) is 37.5 Å². The van der Waals surface area contributed by atoms with Crippen LogP contribution in [0.2, 0.25) is 0 Å². The average molecular weight is 248 g/mol. The lowest BCUT2D eigenvalue weighted by molar-refractivity contribution is -0.128. The van der Waals surface area contributed by atoms with Crippen LogP contribution in [0.15, 0.2) is 24.3 Å². The molecule has 0 saturated carbocycles. The van der Waals surface area contributed by atoms with Crippen molar-refractivity contribution >= 4 is 11.6 Å². The van der Waals surface area contributed by atoms with E-state index in [2.05, 4.69) is 31.3 Å². The summed E-state index contributed by atoms with van der Waals surface area (Å²) in [5.74, 6) is 0.685. The van der Waals surface area contributed by atoms with Crippen LogP contribution in [0.3, 0.4) is 0 Å². The molecule has 0 radical (unpaired) electrons. The Hall–Kier alpha value is -1.51. The number of nitrogens with one attached hydrogen (secondary N) is 1. The minimum Gasteiger partial charge on any atom is -0.376 e. The third kappa shape index (κ3) is 4.06. The fourth-order valence-corrected chi connectivity index (χ4v) is 1.85. The number of rotatable bonds is 6. The molecule has 3 nitrogen and oxygen atoms in total. The van der Waals surface area contributed by atoms with Crippen molar-refractivity contribution in [2.45, 2.75) is 33.6 Å². The highest BCUT2D eigenvalue weighted by molar-refractivity contribution is 5.80. The Kier molecular flexibility index (Phi) is 5.69. The van der Waals surface area contributed by atoms with Crippen molar-refractivity contribution in [3.8, 4) is 0 Å². The van der Waals surface area contributed by atoms with Gasteiger partial charge in [-0.15, -0.1) is 0 Å². The van der Waals surface area contributed by atoms with Crippen LogP contribution in [0.4, 0.5) is 5.69 Å². The summed E-state index contributed by atoms with van der Waals surface area (Å²) in [7, 11) is 0. The van der Waals surface area contributed by atoms with E-state index < -0.39 is 0 Å². The number of likely N-dealkylation sites (N-methyl/N-ethyl adjacent to an activating group) is 1. The maximum absolute atomic E-state index is 11.8. The highest BCUT2D eigenvalue weighted by Gasteiger charge is 2.08. The minimum absolute atomic E-state index is 0.146. The van der Waals surface area contributed by atoms with Crippen LogP contribution in [0.25, 0.3) is 0 Å². The van der Waals surface area contributed by atoms with Gasteiger partial charge >= 0.3 is 0 Å². The van der Waals surface area contributed by atoms with Gasteiger partial charge < -0.3 is 10.2 Å². The molecular formula is C15H24N2O. The fourth-order valence-electron chi connectivity index (χ4n) is 1.85. The first-order valence-corrected chi connectivity index (χ1v) is 6.70. The number of carbonyl (C=O) groups is 1. The Balaban J connectivity index is 2.51. The normalized spacial score (nSPS) is 10.5. The highest BCUT2D eigenvalue weighted by atomic mass is 16.2. The zero-order chi connectivity index (χ0) is 13.5. The number of amides is 1. The van der Waals surface area contributed by atoms with Gasteiger partial charge in [0.05, 0.1) is 6.54 Å². The molecule has 1 N–H and O–H groups in total. The lowest BCUT2D eigenvalue weighted by Gasteiger charge is -2.19. The van der Waals surface area contributed by atoms with Crippen LogP contribution in [0, 0.1) is 0 Å². The van der Waals surface area contributed by atoms with Crippen LogP contribution in [0.5, 0.6) is 0 Å². The lowest BCUT2D eigenvalue weighted by atomic mass is 10.0. The molecule has 0 unspecified atom stereocenters. The van der Waals surface area contributed by atoms with Crippen molar-refractivity contribution in [2.75, 3.05) is 25.0 Å². The van der Waals surface area contributed by atoms with E-state index >= 15 is 0 Å². The van der Waals surface area contributed by atoms with Crippen molar-refractivity contribution < 1.29 is 4.79 Å². The summed E-state index contributed by atoms with van der Waals surface area (Å²) in [6.45, 7) is 10.2. The third-order valence-electron chi connectivity index (χ3n) is 3.14. The molecule has 0 aliphatic rings. The molecule has 3 heteroatoms. The first kappa shape index (κ1) is 14.6. The molecule has 1 aromatic carbocycles. The Morgan fingerprint density at radius 2 is 1.72 bits per heavy atom. The molecule has 18 heavy (non-hydrogen) atoms. The first-order chi connectivity index (χ1) is 8.58. The molecule has 1 aromatic rings. The molecule has 0 spiro atoms. The average Bonchev–Trinajstić information content (AvgIpc) is 2.38. The zero-order valence-electron chi connectivity index (χ0n) is 11.9. The zero-order valence-corrected chi connectivity index (χ0v) is 11.9. The van der Waals surface area contributed by atoms with Crippen LogP contribution >= 0.6 is 0 Å². The van der Waals surface area contributed by atoms with E-state index in [9.17, 15) is 4.79 Å². The van der Waals surface area contributed by atoms with Crippen molar-refractivity contribution in [1.29, 1.82) is 0 Å². The van der Waals surface area contributed by atoms with E-state index in [1.165, 1.54) is 5.56 Å². The first-order valence-electron chi connectivity index (χ1n) is 6.70. The topological polar surface area (TPSA) is 32.3 Å². The van der Waals surface area contributed by atoms with Gasteiger partial charge in [-0.25, -0.2) is 0 Å². The van der Waals surface area contributed by atoms with Gasteiger partial charge in [0, 0.05) is 18.8 Å². The second-order valence-electron chi connectivity index (χ2n) is 4.70. The van der Waals surface area contributed by atoms with E-state index in [0.29, 0.717) is 12.5 Å². The maximum atomic E-state index is 11.8. The van der Waals surface area contributed by atoms with Crippen molar-refractivity contribution in [3.63, 3.8) is 0 Å². The van der Waals surface area contributed by atoms with Gasteiger partial charge in [-0.1, -0.05) is 26.0 Å². The van der Waals surface area contributed by atoms with E-state index in [-0.39, 0.29) is 5.91 Å². The van der Waals surface area contributed by atoms with Gasteiger partial charge in [0.1, 0.15) is 0 Å². The van der Waals surface area contributed by atoms with E-state index in [1.54, 1.807) is 0 Å². The van der Waals surface area contributed by atoms with E-state index in [0.717, 1.165) is 18.8 Å². The molecule has 1 rings (SSSR count). The Labute approximate surface area is 110 Å². The predicted molar refractivity (Wildman–Crippen MR) is 76.9 cm³/mol. The number of nitrogens with zero attached hydrogens (tertiary/aromatic N) is 1. The second kappa shape index (κ2) is 7.04. The number of anilines is 1. The molecule has 0 saturated heterocycles. The molecule has 100 valence electrons. The van der Waals surface area contributed by atoms with Crippen LogP contribution in [0.1, 0.15) is 39.2 Å². The fraction of sp³-hybridized carbons (Fsp3) is 0.533. The summed E-state index contributed by atoms with van der Waals surface area (Å²) in [6.07, 6.45) is 0. The minimum atomic E-state index is 0.146. The largest absolute Gasteiger partial charge is 0.376 e. The summed E-state index contributed by atoms with van der Waals surface area (Å²) in [5, 5.41) is 3.17. The molecule has 0 aliphatic carbocycles. The Morgan fingerprint density at radius 1 is 1.17 bits per heavy atom. The summed E-state index contributed by atoms with van der Waals surface area (Å²) in [6, 6.07) is 8.28. The quantitative estimate of drug-likeness (QED) is 0.839. The molecular weight excluding hydrogens is 224 g/mol. The molecule has 0 aromatic heterocycles. The standard InChI is InChI=1S/C15H24N2O/c1-5-17(6-2)15(18)11-16-14-9-7-13(8-10-14)12(3)4/h7-10,12,16H,5-6,11H2,1-4H3. The summed E-state index contributed by atoms with van der Waals surface area (Å²) < 4.78 is 0. The second-order valence-corrected chi connectivity index (χ2v) is 4.70. The lowest BCUT2D eigenvalue weighted by Crippen LogP contribution is -2.35. The predicted octanol–water partition coefficient (Wildman–Crippen LogP) is 3.09. The van der Waals surface area contributed by atoms with Gasteiger partial charge in [-0.2, -0.15) is 0 Å². The molecule has 0 aliphatic heterocycles. The highest BCUT2D eigenvalue weighted by Crippen LogP contribution is 2.16. The van der Waals surface area contributed by atoms with Gasteiger partial charge in [0.15, 0.2) is 0 Å². The van der Waals surface area contributed by atoms with Gasteiger partial charge in [0.2, 0.25) is 5.91 Å². The van der Waals surface area contributed by atoms with E-state index in [4.69, 9.17) is 0 Å². The monoisotopic (exact) mass is 248 g/mol. The van der Waals surface area contributed by atoms with Crippen LogP contribution in [-0.2, 0) is 4.79 Å². The molecule has 0 atom stereocenters. The Morgan fingerprint density at radius 3 is 2.17 bits per heavy atom. The van der Waals surface area contributed by atoms with E-state index in [1.807, 2.05) is 30.9 Å². The summed E-state index contributed by atoms with van der Waals surface area (Å²) in [4.78, 5) is 13.6. The molecule has 1 amide bonds. The number of benzene rings is 1. The third-order valence-corrected chi connectivity index (χ3v) is 3.14. The molecule has 0 fully saturated rings. The van der Waals surface area contributed by atoms with Crippen LogP contribution < -0.4 is 5.32 Å². The smallest absolute Gasteiger partial charge is 0.241 e. The summed E-state index contributed by atoms with van der Waals surface area (Å²) >= 11 is 0. The number of hydrogen-bond acceptors (Lipinski definition) is 2. The van der Waals surface area contributed by atoms with Crippen molar-refractivity contribution in [3.05, 3.63) is 29.8 Å². The van der Waals surface area contributed by atoms with Crippen molar-refractivity contribution in [1.82, 2.24) is 4.90 Å². The maximum Gasteiger partial charge on any atom is 0.241 e. The van der Waals surface area contributed by atoms with Gasteiger partial charge in [0.25, 0.3) is 0 Å².